The van der Waals surface area contributed by atoms with E-state index >= 15 is 0 Å². The minimum atomic E-state index is -0.331. The summed E-state index contributed by atoms with van der Waals surface area (Å²) in [6.07, 6.45) is 5.53. The first-order valence-corrected chi connectivity index (χ1v) is 7.04. The molecular formula is C16H19N3O. The molecule has 4 heteroatoms. The van der Waals surface area contributed by atoms with E-state index in [9.17, 15) is 4.79 Å². The van der Waals surface area contributed by atoms with E-state index in [2.05, 4.69) is 15.6 Å². The van der Waals surface area contributed by atoms with Crippen LogP contribution in [0.2, 0.25) is 0 Å². The number of rotatable bonds is 2. The molecule has 1 saturated heterocycles. The van der Waals surface area contributed by atoms with Crippen LogP contribution < -0.4 is 10.6 Å². The number of piperidine rings is 1. The van der Waals surface area contributed by atoms with Gasteiger partial charge in [0.25, 0.3) is 0 Å². The summed E-state index contributed by atoms with van der Waals surface area (Å²) in [6.45, 7) is 3.76. The van der Waals surface area contributed by atoms with Crippen LogP contribution >= 0.6 is 0 Å². The maximum absolute atomic E-state index is 12.6. The van der Waals surface area contributed by atoms with Crippen LogP contribution in [-0.4, -0.2) is 24.0 Å². The predicted molar refractivity (Wildman–Crippen MR) is 80.6 cm³/mol. The fourth-order valence-electron chi connectivity index (χ4n) is 2.75. The van der Waals surface area contributed by atoms with Crippen molar-refractivity contribution in [3.63, 3.8) is 0 Å². The molecule has 2 N–H and O–H groups in total. The molecule has 2 aromatic rings. The molecule has 1 aliphatic rings. The van der Waals surface area contributed by atoms with E-state index < -0.39 is 0 Å². The zero-order chi connectivity index (χ0) is 14.0. The van der Waals surface area contributed by atoms with Crippen LogP contribution in [0.5, 0.6) is 0 Å². The first-order valence-electron chi connectivity index (χ1n) is 7.04. The summed E-state index contributed by atoms with van der Waals surface area (Å²) >= 11 is 0. The topological polar surface area (TPSA) is 54.0 Å². The number of carbonyl (C=O) groups excluding carboxylic acids is 1. The summed E-state index contributed by atoms with van der Waals surface area (Å²) in [5, 5.41) is 8.45. The molecular weight excluding hydrogens is 250 g/mol. The summed E-state index contributed by atoms with van der Waals surface area (Å²) in [4.78, 5) is 16.7. The quantitative estimate of drug-likeness (QED) is 0.881. The Balaban J connectivity index is 1.87. The minimum absolute atomic E-state index is 0.0843. The van der Waals surface area contributed by atoms with Crippen LogP contribution in [-0.2, 0) is 4.79 Å². The van der Waals surface area contributed by atoms with Crippen molar-refractivity contribution < 1.29 is 4.79 Å². The normalized spacial score (nSPS) is 22.6. The second kappa shape index (κ2) is 5.21. The average Bonchev–Trinajstić information content (AvgIpc) is 2.48. The Morgan fingerprint density at radius 3 is 3.10 bits per heavy atom. The summed E-state index contributed by atoms with van der Waals surface area (Å²) in [5.74, 6) is 0.0843. The largest absolute Gasteiger partial charge is 0.325 e. The number of pyridine rings is 1. The first-order chi connectivity index (χ1) is 9.69. The van der Waals surface area contributed by atoms with Crippen molar-refractivity contribution in [2.45, 2.75) is 19.8 Å². The molecule has 20 heavy (non-hydrogen) atoms. The Bertz CT molecular complexity index is 627. The number of hydrogen-bond donors (Lipinski definition) is 2. The number of carbonyl (C=O) groups is 1. The van der Waals surface area contributed by atoms with Gasteiger partial charge < -0.3 is 10.6 Å². The molecule has 1 atom stereocenters. The lowest BCUT2D eigenvalue weighted by molar-refractivity contribution is -0.125. The fraction of sp³-hybridized carbons (Fsp3) is 0.375. The van der Waals surface area contributed by atoms with Crippen LogP contribution in [0.15, 0.2) is 36.7 Å². The van der Waals surface area contributed by atoms with Crippen molar-refractivity contribution >= 4 is 22.4 Å². The van der Waals surface area contributed by atoms with Crippen molar-refractivity contribution in [2.75, 3.05) is 18.4 Å². The van der Waals surface area contributed by atoms with Crippen LogP contribution in [0.25, 0.3) is 10.8 Å². The summed E-state index contributed by atoms with van der Waals surface area (Å²) in [7, 11) is 0. The van der Waals surface area contributed by atoms with Gasteiger partial charge in [0.05, 0.1) is 11.1 Å². The molecule has 2 heterocycles. The molecule has 0 saturated carbocycles. The number of nitrogens with one attached hydrogen (secondary N) is 2. The summed E-state index contributed by atoms with van der Waals surface area (Å²) in [6, 6.07) is 7.87. The van der Waals surface area contributed by atoms with E-state index in [4.69, 9.17) is 0 Å². The lowest BCUT2D eigenvalue weighted by Gasteiger charge is -2.32. The third kappa shape index (κ3) is 2.39. The number of nitrogens with zero attached hydrogens (tertiary/aromatic N) is 1. The summed E-state index contributed by atoms with van der Waals surface area (Å²) < 4.78 is 0. The molecule has 0 bridgehead atoms. The predicted octanol–water partition coefficient (Wildman–Crippen LogP) is 2.56. The van der Waals surface area contributed by atoms with Crippen molar-refractivity contribution in [2.24, 2.45) is 5.41 Å². The van der Waals surface area contributed by atoms with Gasteiger partial charge in [-0.15, -0.1) is 0 Å². The Labute approximate surface area is 118 Å². The van der Waals surface area contributed by atoms with E-state index in [1.807, 2.05) is 31.2 Å². The van der Waals surface area contributed by atoms with Gasteiger partial charge in [-0.1, -0.05) is 12.1 Å². The van der Waals surface area contributed by atoms with E-state index in [1.54, 1.807) is 12.4 Å². The molecule has 0 radical (unpaired) electrons. The Hall–Kier alpha value is -1.94. The smallest absolute Gasteiger partial charge is 0.231 e. The van der Waals surface area contributed by atoms with Gasteiger partial charge in [-0.2, -0.15) is 0 Å². The van der Waals surface area contributed by atoms with E-state index in [1.165, 1.54) is 0 Å². The second-order valence-electron chi connectivity index (χ2n) is 5.70. The third-order valence-electron chi connectivity index (χ3n) is 4.08. The van der Waals surface area contributed by atoms with Gasteiger partial charge in [-0.05, 0) is 43.8 Å². The molecule has 1 fully saturated rings. The molecule has 1 aromatic carbocycles. The lowest BCUT2D eigenvalue weighted by atomic mass is 9.82. The van der Waals surface area contributed by atoms with Gasteiger partial charge in [0.1, 0.15) is 0 Å². The van der Waals surface area contributed by atoms with Crippen LogP contribution in [0.1, 0.15) is 19.8 Å². The molecule has 104 valence electrons. The standard InChI is InChI=1S/C16H19N3O/c1-16(7-3-8-18-11-16)15(20)19-14-5-2-4-12-6-9-17-10-13(12)14/h2,4-6,9-10,18H,3,7-8,11H2,1H3,(H,19,20). The fourth-order valence-corrected chi connectivity index (χ4v) is 2.75. The Morgan fingerprint density at radius 1 is 1.40 bits per heavy atom. The van der Waals surface area contributed by atoms with Gasteiger partial charge in [-0.25, -0.2) is 0 Å². The molecule has 4 nitrogen and oxygen atoms in total. The highest BCUT2D eigenvalue weighted by Gasteiger charge is 2.34. The van der Waals surface area contributed by atoms with Crippen LogP contribution in [0, 0.1) is 5.41 Å². The zero-order valence-electron chi connectivity index (χ0n) is 11.6. The summed E-state index contributed by atoms with van der Waals surface area (Å²) in [5.41, 5.74) is 0.509. The highest BCUT2D eigenvalue weighted by molar-refractivity contribution is 6.03. The van der Waals surface area contributed by atoms with Gasteiger partial charge in [0.2, 0.25) is 5.91 Å². The van der Waals surface area contributed by atoms with Crippen molar-refractivity contribution in [1.29, 1.82) is 0 Å². The molecule has 1 aromatic heterocycles. The second-order valence-corrected chi connectivity index (χ2v) is 5.70. The van der Waals surface area contributed by atoms with Gasteiger partial charge in [-0.3, -0.25) is 9.78 Å². The Morgan fingerprint density at radius 2 is 2.30 bits per heavy atom. The molecule has 3 rings (SSSR count). The first kappa shape index (κ1) is 13.1. The minimum Gasteiger partial charge on any atom is -0.325 e. The van der Waals surface area contributed by atoms with Gasteiger partial charge in [0, 0.05) is 24.3 Å². The number of benzene rings is 1. The maximum Gasteiger partial charge on any atom is 0.231 e. The average molecular weight is 269 g/mol. The zero-order valence-corrected chi connectivity index (χ0v) is 11.6. The van der Waals surface area contributed by atoms with Gasteiger partial charge >= 0.3 is 0 Å². The van der Waals surface area contributed by atoms with Crippen molar-refractivity contribution in [1.82, 2.24) is 10.3 Å². The molecule has 1 unspecified atom stereocenters. The number of anilines is 1. The Kier molecular flexibility index (Phi) is 3.40. The van der Waals surface area contributed by atoms with E-state index in [0.717, 1.165) is 42.4 Å². The van der Waals surface area contributed by atoms with Crippen LogP contribution in [0.3, 0.4) is 0 Å². The molecule has 0 aliphatic carbocycles. The monoisotopic (exact) mass is 269 g/mol. The highest BCUT2D eigenvalue weighted by atomic mass is 16.2. The number of aromatic nitrogens is 1. The van der Waals surface area contributed by atoms with Gasteiger partial charge in [0.15, 0.2) is 0 Å². The van der Waals surface area contributed by atoms with E-state index in [-0.39, 0.29) is 11.3 Å². The third-order valence-corrected chi connectivity index (χ3v) is 4.08. The SMILES string of the molecule is CC1(C(=O)Nc2cccc3ccncc23)CCCNC1. The number of amides is 1. The van der Waals surface area contributed by atoms with Crippen molar-refractivity contribution in [3.05, 3.63) is 36.7 Å². The molecule has 1 amide bonds. The lowest BCUT2D eigenvalue weighted by Crippen LogP contribution is -2.46. The molecule has 0 spiro atoms. The van der Waals surface area contributed by atoms with Crippen LogP contribution in [0.4, 0.5) is 5.69 Å². The molecule has 1 aliphatic heterocycles. The van der Waals surface area contributed by atoms with E-state index in [0.29, 0.717) is 0 Å². The maximum atomic E-state index is 12.6. The van der Waals surface area contributed by atoms with Crippen molar-refractivity contribution in [3.8, 4) is 0 Å². The highest BCUT2D eigenvalue weighted by Crippen LogP contribution is 2.29. The number of fused-ring (bicyclic) bond motifs is 1. The number of hydrogen-bond acceptors (Lipinski definition) is 3.